The molecule has 0 aromatic heterocycles. The summed E-state index contributed by atoms with van der Waals surface area (Å²) in [6.07, 6.45) is 0.840. The predicted molar refractivity (Wildman–Crippen MR) is 60.9 cm³/mol. The van der Waals surface area contributed by atoms with Crippen LogP contribution in [0.25, 0.3) is 0 Å². The van der Waals surface area contributed by atoms with Crippen LogP contribution in [-0.4, -0.2) is 12.6 Å². The molecule has 2 nitrogen and oxygen atoms in total. The Morgan fingerprint density at radius 2 is 2.07 bits per heavy atom. The van der Waals surface area contributed by atoms with Crippen LogP contribution in [0.2, 0.25) is 0 Å². The molecule has 0 bridgehead atoms. The Balaban J connectivity index is 2.49. The van der Waals surface area contributed by atoms with Crippen molar-refractivity contribution in [1.29, 1.82) is 0 Å². The smallest absolute Gasteiger partial charge is 0.0479 e. The first-order valence-corrected chi connectivity index (χ1v) is 4.96. The Labute approximate surface area is 85.8 Å². The molecule has 1 aromatic rings. The summed E-state index contributed by atoms with van der Waals surface area (Å²) in [5.74, 6) is 0. The van der Waals surface area contributed by atoms with Crippen LogP contribution in [0.15, 0.2) is 42.6 Å². The zero-order chi connectivity index (χ0) is 10.4. The van der Waals surface area contributed by atoms with E-state index in [1.165, 1.54) is 5.56 Å². The molecule has 0 aliphatic carbocycles. The van der Waals surface area contributed by atoms with Crippen LogP contribution in [0.1, 0.15) is 12.5 Å². The summed E-state index contributed by atoms with van der Waals surface area (Å²) in [5, 5.41) is 3.15. The van der Waals surface area contributed by atoms with Crippen LogP contribution in [0.4, 0.5) is 0 Å². The van der Waals surface area contributed by atoms with E-state index in [1.807, 2.05) is 25.1 Å². The highest BCUT2D eigenvalue weighted by Crippen LogP contribution is 2.04. The van der Waals surface area contributed by atoms with Gasteiger partial charge in [0.2, 0.25) is 0 Å². The molecule has 0 saturated heterocycles. The Bertz CT molecular complexity index is 280. The second kappa shape index (κ2) is 5.45. The van der Waals surface area contributed by atoms with Crippen molar-refractivity contribution in [2.24, 2.45) is 5.73 Å². The minimum atomic E-state index is -0.00245. The summed E-state index contributed by atoms with van der Waals surface area (Å²) < 4.78 is 0. The highest BCUT2D eigenvalue weighted by Gasteiger charge is 2.06. The van der Waals surface area contributed by atoms with Crippen molar-refractivity contribution in [3.05, 3.63) is 48.2 Å². The van der Waals surface area contributed by atoms with Crippen molar-refractivity contribution in [1.82, 2.24) is 5.32 Å². The van der Waals surface area contributed by atoms with Gasteiger partial charge in [-0.2, -0.15) is 0 Å². The standard InChI is InChI=1S/C12H18N2/c1-3-14-10(2)12(13)9-11-7-5-4-6-8-11/h4-8,12,14H,2-3,9,13H2,1H3. The zero-order valence-corrected chi connectivity index (χ0v) is 8.66. The SMILES string of the molecule is C=C(NCC)C(N)Cc1ccccc1. The van der Waals surface area contributed by atoms with Crippen molar-refractivity contribution < 1.29 is 0 Å². The van der Waals surface area contributed by atoms with Gasteiger partial charge in [-0.25, -0.2) is 0 Å². The maximum atomic E-state index is 5.97. The second-order valence-corrected chi connectivity index (χ2v) is 3.35. The van der Waals surface area contributed by atoms with Gasteiger partial charge in [-0.15, -0.1) is 0 Å². The number of rotatable bonds is 5. The molecule has 0 heterocycles. The number of nitrogens with two attached hydrogens (primary N) is 1. The van der Waals surface area contributed by atoms with Crippen LogP contribution in [0.5, 0.6) is 0 Å². The lowest BCUT2D eigenvalue weighted by Crippen LogP contribution is -2.32. The molecule has 76 valence electrons. The molecule has 0 saturated carbocycles. The first-order valence-electron chi connectivity index (χ1n) is 4.96. The van der Waals surface area contributed by atoms with Gasteiger partial charge in [-0.05, 0) is 18.9 Å². The molecule has 3 N–H and O–H groups in total. The molecule has 1 aromatic carbocycles. The monoisotopic (exact) mass is 190 g/mol. The number of likely N-dealkylation sites (N-methyl/N-ethyl adjacent to an activating group) is 1. The lowest BCUT2D eigenvalue weighted by Gasteiger charge is -2.15. The summed E-state index contributed by atoms with van der Waals surface area (Å²) >= 11 is 0. The third kappa shape index (κ3) is 3.23. The fourth-order valence-corrected chi connectivity index (χ4v) is 1.35. The van der Waals surface area contributed by atoms with Crippen LogP contribution in [0.3, 0.4) is 0 Å². The summed E-state index contributed by atoms with van der Waals surface area (Å²) in [5.41, 5.74) is 8.14. The van der Waals surface area contributed by atoms with E-state index in [0.29, 0.717) is 0 Å². The number of hydrogen-bond acceptors (Lipinski definition) is 2. The van der Waals surface area contributed by atoms with Gasteiger partial charge >= 0.3 is 0 Å². The van der Waals surface area contributed by atoms with Gasteiger partial charge in [0.05, 0.1) is 0 Å². The maximum absolute atomic E-state index is 5.97. The van der Waals surface area contributed by atoms with Crippen molar-refractivity contribution >= 4 is 0 Å². The van der Waals surface area contributed by atoms with E-state index >= 15 is 0 Å². The molecule has 14 heavy (non-hydrogen) atoms. The first-order chi connectivity index (χ1) is 6.74. The molecule has 1 unspecified atom stereocenters. The molecular formula is C12H18N2. The molecule has 1 rings (SSSR count). The number of benzene rings is 1. The van der Waals surface area contributed by atoms with E-state index in [0.717, 1.165) is 18.7 Å². The highest BCUT2D eigenvalue weighted by atomic mass is 14.9. The van der Waals surface area contributed by atoms with Gasteiger partial charge in [0.1, 0.15) is 0 Å². The molecule has 0 amide bonds. The van der Waals surface area contributed by atoms with Crippen LogP contribution >= 0.6 is 0 Å². The van der Waals surface area contributed by atoms with E-state index in [9.17, 15) is 0 Å². The van der Waals surface area contributed by atoms with Crippen molar-refractivity contribution in [3.8, 4) is 0 Å². The molecule has 0 spiro atoms. The molecule has 0 fully saturated rings. The Morgan fingerprint density at radius 3 is 2.64 bits per heavy atom. The second-order valence-electron chi connectivity index (χ2n) is 3.35. The minimum absolute atomic E-state index is 0.00245. The van der Waals surface area contributed by atoms with E-state index in [1.54, 1.807) is 0 Å². The van der Waals surface area contributed by atoms with Crippen LogP contribution in [-0.2, 0) is 6.42 Å². The average Bonchev–Trinajstić information content (AvgIpc) is 2.19. The Hall–Kier alpha value is -1.28. The normalized spacial score (nSPS) is 12.1. The third-order valence-electron chi connectivity index (χ3n) is 2.15. The molecular weight excluding hydrogens is 172 g/mol. The lowest BCUT2D eigenvalue weighted by atomic mass is 10.0. The summed E-state index contributed by atoms with van der Waals surface area (Å²) in [6, 6.07) is 10.2. The average molecular weight is 190 g/mol. The number of nitrogens with one attached hydrogen (secondary N) is 1. The van der Waals surface area contributed by atoms with Crippen LogP contribution in [0, 0.1) is 0 Å². The van der Waals surface area contributed by atoms with E-state index in [2.05, 4.69) is 24.0 Å². The molecule has 1 atom stereocenters. The highest BCUT2D eigenvalue weighted by molar-refractivity contribution is 5.18. The Morgan fingerprint density at radius 1 is 1.43 bits per heavy atom. The molecule has 0 radical (unpaired) electrons. The zero-order valence-electron chi connectivity index (χ0n) is 8.66. The summed E-state index contributed by atoms with van der Waals surface area (Å²) in [4.78, 5) is 0. The van der Waals surface area contributed by atoms with Gasteiger partial charge in [-0.3, -0.25) is 0 Å². The summed E-state index contributed by atoms with van der Waals surface area (Å²) in [6.45, 7) is 6.82. The Kier molecular flexibility index (Phi) is 4.20. The van der Waals surface area contributed by atoms with E-state index < -0.39 is 0 Å². The topological polar surface area (TPSA) is 38.0 Å². The third-order valence-corrected chi connectivity index (χ3v) is 2.15. The van der Waals surface area contributed by atoms with Crippen molar-refractivity contribution in [3.63, 3.8) is 0 Å². The van der Waals surface area contributed by atoms with Gasteiger partial charge in [0.25, 0.3) is 0 Å². The van der Waals surface area contributed by atoms with Crippen LogP contribution < -0.4 is 11.1 Å². The van der Waals surface area contributed by atoms with Gasteiger partial charge in [0.15, 0.2) is 0 Å². The lowest BCUT2D eigenvalue weighted by molar-refractivity contribution is 0.682. The van der Waals surface area contributed by atoms with Gasteiger partial charge in [0, 0.05) is 18.3 Å². The molecule has 2 heteroatoms. The predicted octanol–water partition coefficient (Wildman–Crippen LogP) is 1.68. The molecule has 0 aliphatic heterocycles. The van der Waals surface area contributed by atoms with Crippen molar-refractivity contribution in [2.75, 3.05) is 6.54 Å². The maximum Gasteiger partial charge on any atom is 0.0479 e. The van der Waals surface area contributed by atoms with Gasteiger partial charge in [-0.1, -0.05) is 36.9 Å². The first kappa shape index (κ1) is 10.8. The quantitative estimate of drug-likeness (QED) is 0.741. The van der Waals surface area contributed by atoms with Crippen molar-refractivity contribution in [2.45, 2.75) is 19.4 Å². The largest absolute Gasteiger partial charge is 0.388 e. The fourth-order valence-electron chi connectivity index (χ4n) is 1.35. The summed E-state index contributed by atoms with van der Waals surface area (Å²) in [7, 11) is 0. The molecule has 0 aliphatic rings. The fraction of sp³-hybridized carbons (Fsp3) is 0.333. The van der Waals surface area contributed by atoms with Gasteiger partial charge < -0.3 is 11.1 Å². The van der Waals surface area contributed by atoms with E-state index in [-0.39, 0.29) is 6.04 Å². The van der Waals surface area contributed by atoms with E-state index in [4.69, 9.17) is 5.73 Å². The minimum Gasteiger partial charge on any atom is -0.388 e. The number of hydrogen-bond donors (Lipinski definition) is 2.